The van der Waals surface area contributed by atoms with E-state index >= 15 is 0 Å². The molecule has 0 unspecified atom stereocenters. The summed E-state index contributed by atoms with van der Waals surface area (Å²) in [6, 6.07) is 14.0. The van der Waals surface area contributed by atoms with E-state index in [1.807, 2.05) is 12.1 Å². The highest BCUT2D eigenvalue weighted by Crippen LogP contribution is 2.24. The molecule has 1 heterocycles. The molecule has 0 spiro atoms. The van der Waals surface area contributed by atoms with E-state index in [1.54, 1.807) is 6.07 Å². The smallest absolute Gasteiger partial charge is 0.135 e. The number of hydrogen-bond acceptors (Lipinski definition) is 3. The Morgan fingerprint density at radius 3 is 2.58 bits per heavy atom. The van der Waals surface area contributed by atoms with E-state index in [4.69, 9.17) is 11.6 Å². The van der Waals surface area contributed by atoms with Gasteiger partial charge in [0.2, 0.25) is 0 Å². The van der Waals surface area contributed by atoms with E-state index in [-0.39, 0.29) is 0 Å². The standard InChI is InChI=1S/C14H9BrClN3/c15-11-3-1-10-6-12(4-2-9(10)5-11)19-14-7-13(16)17-8-18-14/h1-8H,(H,17,18,19). The van der Waals surface area contributed by atoms with Crippen LogP contribution < -0.4 is 5.32 Å². The third-order valence-corrected chi connectivity index (χ3v) is 3.41. The summed E-state index contributed by atoms with van der Waals surface area (Å²) >= 11 is 9.29. The minimum Gasteiger partial charge on any atom is -0.340 e. The summed E-state index contributed by atoms with van der Waals surface area (Å²) in [6.45, 7) is 0. The van der Waals surface area contributed by atoms with Crippen LogP contribution in [-0.2, 0) is 0 Å². The van der Waals surface area contributed by atoms with Crippen LogP contribution in [0, 0.1) is 0 Å². The van der Waals surface area contributed by atoms with Crippen LogP contribution in [0.3, 0.4) is 0 Å². The van der Waals surface area contributed by atoms with Crippen LogP contribution in [0.2, 0.25) is 5.15 Å². The molecule has 1 aromatic heterocycles. The minimum atomic E-state index is 0.419. The molecule has 3 aromatic rings. The van der Waals surface area contributed by atoms with Gasteiger partial charge in [-0.25, -0.2) is 9.97 Å². The van der Waals surface area contributed by atoms with Crippen molar-refractivity contribution in [1.29, 1.82) is 0 Å². The quantitative estimate of drug-likeness (QED) is 0.685. The van der Waals surface area contributed by atoms with Crippen molar-refractivity contribution in [1.82, 2.24) is 9.97 Å². The summed E-state index contributed by atoms with van der Waals surface area (Å²) in [4.78, 5) is 7.97. The molecule has 0 aliphatic carbocycles. The van der Waals surface area contributed by atoms with Crippen LogP contribution in [0.25, 0.3) is 10.8 Å². The minimum absolute atomic E-state index is 0.419. The fourth-order valence-corrected chi connectivity index (χ4v) is 2.37. The van der Waals surface area contributed by atoms with E-state index in [0.717, 1.165) is 15.5 Å². The van der Waals surface area contributed by atoms with Crippen molar-refractivity contribution < 1.29 is 0 Å². The molecular formula is C14H9BrClN3. The van der Waals surface area contributed by atoms with Gasteiger partial charge in [0.25, 0.3) is 0 Å². The van der Waals surface area contributed by atoms with Crippen molar-refractivity contribution in [3.63, 3.8) is 0 Å². The van der Waals surface area contributed by atoms with Gasteiger partial charge >= 0.3 is 0 Å². The molecule has 2 aromatic carbocycles. The molecule has 5 heteroatoms. The first-order valence-electron chi connectivity index (χ1n) is 5.64. The molecule has 0 aliphatic rings. The van der Waals surface area contributed by atoms with Crippen molar-refractivity contribution in [2.45, 2.75) is 0 Å². The SMILES string of the molecule is Clc1cc(Nc2ccc3cc(Br)ccc3c2)ncn1. The normalized spacial score (nSPS) is 10.6. The Morgan fingerprint density at radius 1 is 0.947 bits per heavy atom. The molecule has 0 saturated carbocycles. The summed E-state index contributed by atoms with van der Waals surface area (Å²) < 4.78 is 1.07. The van der Waals surface area contributed by atoms with Crippen LogP contribution in [0.5, 0.6) is 0 Å². The van der Waals surface area contributed by atoms with E-state index in [0.29, 0.717) is 11.0 Å². The van der Waals surface area contributed by atoms with Crippen LogP contribution in [-0.4, -0.2) is 9.97 Å². The van der Waals surface area contributed by atoms with E-state index < -0.39 is 0 Å². The average Bonchev–Trinajstić information content (AvgIpc) is 2.39. The maximum atomic E-state index is 5.83. The first-order valence-corrected chi connectivity index (χ1v) is 6.82. The summed E-state index contributed by atoms with van der Waals surface area (Å²) in [5.74, 6) is 0.677. The Kier molecular flexibility index (Phi) is 3.36. The molecule has 0 amide bonds. The highest BCUT2D eigenvalue weighted by Gasteiger charge is 2.00. The maximum Gasteiger partial charge on any atom is 0.135 e. The molecule has 94 valence electrons. The van der Waals surface area contributed by atoms with Crippen LogP contribution in [0.4, 0.5) is 11.5 Å². The number of benzene rings is 2. The molecule has 0 fully saturated rings. The van der Waals surface area contributed by atoms with E-state index in [1.165, 1.54) is 11.7 Å². The molecule has 19 heavy (non-hydrogen) atoms. The first kappa shape index (κ1) is 12.4. The van der Waals surface area contributed by atoms with Gasteiger partial charge in [0.1, 0.15) is 17.3 Å². The number of fused-ring (bicyclic) bond motifs is 1. The van der Waals surface area contributed by atoms with Gasteiger partial charge in [-0.3, -0.25) is 0 Å². The average molecular weight is 335 g/mol. The Morgan fingerprint density at radius 2 is 1.74 bits per heavy atom. The largest absolute Gasteiger partial charge is 0.340 e. The van der Waals surface area contributed by atoms with Crippen molar-refractivity contribution in [3.05, 3.63) is 58.4 Å². The fraction of sp³-hybridized carbons (Fsp3) is 0. The van der Waals surface area contributed by atoms with E-state index in [2.05, 4.69) is 55.5 Å². The van der Waals surface area contributed by atoms with Gasteiger partial charge in [-0.1, -0.05) is 39.7 Å². The lowest BCUT2D eigenvalue weighted by Gasteiger charge is -2.07. The zero-order chi connectivity index (χ0) is 13.2. The second kappa shape index (κ2) is 5.15. The van der Waals surface area contributed by atoms with Crippen molar-refractivity contribution >= 4 is 49.8 Å². The van der Waals surface area contributed by atoms with E-state index in [9.17, 15) is 0 Å². The molecule has 1 N–H and O–H groups in total. The van der Waals surface area contributed by atoms with Crippen molar-refractivity contribution in [2.24, 2.45) is 0 Å². The molecule has 0 bridgehead atoms. The predicted octanol–water partition coefficient (Wildman–Crippen LogP) is 4.79. The fourth-order valence-electron chi connectivity index (χ4n) is 1.84. The number of hydrogen-bond donors (Lipinski definition) is 1. The summed E-state index contributed by atoms with van der Waals surface area (Å²) in [5, 5.41) is 5.96. The highest BCUT2D eigenvalue weighted by molar-refractivity contribution is 9.10. The van der Waals surface area contributed by atoms with Gasteiger partial charge in [0.05, 0.1) is 0 Å². The van der Waals surface area contributed by atoms with Gasteiger partial charge in [-0.05, 0) is 35.0 Å². The lowest BCUT2D eigenvalue weighted by atomic mass is 10.1. The van der Waals surface area contributed by atoms with Gasteiger partial charge in [0, 0.05) is 16.2 Å². The monoisotopic (exact) mass is 333 g/mol. The summed E-state index contributed by atoms with van der Waals surface area (Å²) in [7, 11) is 0. The maximum absolute atomic E-state index is 5.83. The van der Waals surface area contributed by atoms with Gasteiger partial charge in [0.15, 0.2) is 0 Å². The third-order valence-electron chi connectivity index (χ3n) is 2.71. The number of rotatable bonds is 2. The molecule has 3 nitrogen and oxygen atoms in total. The Labute approximate surface area is 123 Å². The molecule has 0 aliphatic heterocycles. The Balaban J connectivity index is 1.95. The van der Waals surface area contributed by atoms with Crippen molar-refractivity contribution in [2.75, 3.05) is 5.32 Å². The van der Waals surface area contributed by atoms with Crippen LogP contribution in [0.1, 0.15) is 0 Å². The van der Waals surface area contributed by atoms with Gasteiger partial charge in [-0.2, -0.15) is 0 Å². The number of nitrogens with zero attached hydrogens (tertiary/aromatic N) is 2. The summed E-state index contributed by atoms with van der Waals surface area (Å²) in [5.41, 5.74) is 0.963. The second-order valence-corrected chi connectivity index (χ2v) is 5.36. The lowest BCUT2D eigenvalue weighted by molar-refractivity contribution is 1.17. The number of aromatic nitrogens is 2. The third kappa shape index (κ3) is 2.85. The Bertz CT molecular complexity index is 746. The zero-order valence-corrected chi connectivity index (χ0v) is 12.1. The molecule has 3 rings (SSSR count). The second-order valence-electron chi connectivity index (χ2n) is 4.06. The molecule has 0 radical (unpaired) electrons. The number of halogens is 2. The number of anilines is 2. The Hall–Kier alpha value is -1.65. The lowest BCUT2D eigenvalue weighted by Crippen LogP contribution is -1.93. The molecular weight excluding hydrogens is 326 g/mol. The van der Waals surface area contributed by atoms with Gasteiger partial charge in [-0.15, -0.1) is 0 Å². The summed E-state index contributed by atoms with van der Waals surface area (Å²) in [6.07, 6.45) is 1.43. The number of nitrogens with one attached hydrogen (secondary N) is 1. The highest BCUT2D eigenvalue weighted by atomic mass is 79.9. The topological polar surface area (TPSA) is 37.8 Å². The van der Waals surface area contributed by atoms with Gasteiger partial charge < -0.3 is 5.32 Å². The molecule has 0 atom stereocenters. The van der Waals surface area contributed by atoms with Crippen LogP contribution >= 0.6 is 27.5 Å². The van der Waals surface area contributed by atoms with Crippen molar-refractivity contribution in [3.8, 4) is 0 Å². The van der Waals surface area contributed by atoms with Crippen LogP contribution in [0.15, 0.2) is 53.3 Å². The molecule has 0 saturated heterocycles. The first-order chi connectivity index (χ1) is 9.20. The predicted molar refractivity (Wildman–Crippen MR) is 82.0 cm³/mol. The zero-order valence-electron chi connectivity index (χ0n) is 9.77.